The van der Waals surface area contributed by atoms with E-state index < -0.39 is 0 Å². The first-order chi connectivity index (χ1) is 9.56. The molecule has 0 saturated carbocycles. The molecule has 0 saturated heterocycles. The molecule has 0 bridgehead atoms. The highest BCUT2D eigenvalue weighted by Crippen LogP contribution is 2.16. The minimum atomic E-state index is -0.386. The second-order valence-electron chi connectivity index (χ2n) is 4.26. The molecule has 5 heteroatoms. The van der Waals surface area contributed by atoms with Crippen LogP contribution in [0.25, 0.3) is 0 Å². The average molecular weight is 357 g/mol. The summed E-state index contributed by atoms with van der Waals surface area (Å²) in [4.78, 5) is 11.9. The van der Waals surface area contributed by atoms with Crippen molar-refractivity contribution >= 4 is 33.4 Å². The van der Waals surface area contributed by atoms with Crippen molar-refractivity contribution in [3.05, 3.63) is 68.9 Å². The SMILES string of the molecule is O=C(NCCc1ccc(Cl)cc1)c1ccc(F)c(Br)c1. The largest absolute Gasteiger partial charge is 0.352 e. The number of carbonyl (C=O) groups is 1. The zero-order valence-electron chi connectivity index (χ0n) is 10.5. The van der Waals surface area contributed by atoms with Gasteiger partial charge in [-0.2, -0.15) is 0 Å². The van der Waals surface area contributed by atoms with Crippen molar-refractivity contribution in [3.8, 4) is 0 Å². The number of hydrogen-bond acceptors (Lipinski definition) is 1. The Kier molecular flexibility index (Phi) is 5.15. The summed E-state index contributed by atoms with van der Waals surface area (Å²) in [7, 11) is 0. The standard InChI is InChI=1S/C15H12BrClFNO/c16-13-9-11(3-6-14(13)18)15(20)19-8-7-10-1-4-12(17)5-2-10/h1-6,9H,7-8H2,(H,19,20). The average Bonchev–Trinajstić information content (AvgIpc) is 2.44. The molecule has 2 aromatic carbocycles. The Bertz CT molecular complexity index is 616. The smallest absolute Gasteiger partial charge is 0.251 e. The Morgan fingerprint density at radius 2 is 1.90 bits per heavy atom. The summed E-state index contributed by atoms with van der Waals surface area (Å²) in [6, 6.07) is 11.7. The van der Waals surface area contributed by atoms with E-state index >= 15 is 0 Å². The monoisotopic (exact) mass is 355 g/mol. The van der Waals surface area contributed by atoms with Crippen molar-refractivity contribution in [2.75, 3.05) is 6.54 Å². The first kappa shape index (κ1) is 15.0. The van der Waals surface area contributed by atoms with E-state index in [4.69, 9.17) is 11.6 Å². The van der Waals surface area contributed by atoms with Gasteiger partial charge >= 0.3 is 0 Å². The molecule has 2 aromatic rings. The van der Waals surface area contributed by atoms with Crippen molar-refractivity contribution in [1.82, 2.24) is 5.32 Å². The Labute approximate surface area is 130 Å². The van der Waals surface area contributed by atoms with Gasteiger partial charge in [0, 0.05) is 17.1 Å². The maximum absolute atomic E-state index is 13.1. The van der Waals surface area contributed by atoms with E-state index in [1.165, 1.54) is 18.2 Å². The van der Waals surface area contributed by atoms with Crippen LogP contribution >= 0.6 is 27.5 Å². The molecule has 20 heavy (non-hydrogen) atoms. The summed E-state index contributed by atoms with van der Waals surface area (Å²) in [5.41, 5.74) is 1.52. The fraction of sp³-hybridized carbons (Fsp3) is 0.133. The van der Waals surface area contributed by atoms with Gasteiger partial charge in [-0.15, -0.1) is 0 Å². The quantitative estimate of drug-likeness (QED) is 0.873. The molecule has 0 radical (unpaired) electrons. The Morgan fingerprint density at radius 1 is 1.20 bits per heavy atom. The molecule has 2 nitrogen and oxygen atoms in total. The minimum Gasteiger partial charge on any atom is -0.352 e. The molecule has 0 aromatic heterocycles. The lowest BCUT2D eigenvalue weighted by Crippen LogP contribution is -2.25. The van der Waals surface area contributed by atoms with Gasteiger partial charge in [0.2, 0.25) is 0 Å². The van der Waals surface area contributed by atoms with Crippen LogP contribution in [0, 0.1) is 5.82 Å². The van der Waals surface area contributed by atoms with Crippen LogP contribution in [0.2, 0.25) is 5.02 Å². The van der Waals surface area contributed by atoms with E-state index in [-0.39, 0.29) is 16.2 Å². The predicted octanol–water partition coefficient (Wildman–Crippen LogP) is 4.21. The van der Waals surface area contributed by atoms with E-state index in [0.717, 1.165) is 5.56 Å². The van der Waals surface area contributed by atoms with Gasteiger partial charge < -0.3 is 5.32 Å². The van der Waals surface area contributed by atoms with Crippen LogP contribution in [0.3, 0.4) is 0 Å². The van der Waals surface area contributed by atoms with Gasteiger partial charge in [0.15, 0.2) is 0 Å². The fourth-order valence-corrected chi connectivity index (χ4v) is 2.22. The molecule has 104 valence electrons. The molecular formula is C15H12BrClFNO. The second-order valence-corrected chi connectivity index (χ2v) is 5.55. The van der Waals surface area contributed by atoms with Gasteiger partial charge in [-0.05, 0) is 58.2 Å². The normalized spacial score (nSPS) is 10.3. The van der Waals surface area contributed by atoms with Crippen LogP contribution < -0.4 is 5.32 Å². The molecular weight excluding hydrogens is 345 g/mol. The van der Waals surface area contributed by atoms with E-state index in [9.17, 15) is 9.18 Å². The Balaban J connectivity index is 1.88. The molecule has 2 rings (SSSR count). The summed E-state index contributed by atoms with van der Waals surface area (Å²) >= 11 is 8.86. The lowest BCUT2D eigenvalue weighted by atomic mass is 10.1. The number of nitrogens with one attached hydrogen (secondary N) is 1. The molecule has 0 aliphatic heterocycles. The van der Waals surface area contributed by atoms with Crippen molar-refractivity contribution in [2.24, 2.45) is 0 Å². The summed E-state index contributed by atoms with van der Waals surface area (Å²) in [5, 5.41) is 3.48. The summed E-state index contributed by atoms with van der Waals surface area (Å²) in [5.74, 6) is -0.609. The molecule has 0 aliphatic carbocycles. The fourth-order valence-electron chi connectivity index (χ4n) is 1.71. The maximum Gasteiger partial charge on any atom is 0.251 e. The highest BCUT2D eigenvalue weighted by atomic mass is 79.9. The number of hydrogen-bond donors (Lipinski definition) is 1. The molecule has 0 unspecified atom stereocenters. The highest BCUT2D eigenvalue weighted by Gasteiger charge is 2.07. The van der Waals surface area contributed by atoms with E-state index in [1.807, 2.05) is 24.3 Å². The third-order valence-corrected chi connectivity index (χ3v) is 3.65. The maximum atomic E-state index is 13.1. The number of rotatable bonds is 4. The summed E-state index contributed by atoms with van der Waals surface area (Å²) in [6.07, 6.45) is 0.714. The number of halogens is 3. The lowest BCUT2D eigenvalue weighted by Gasteiger charge is -2.06. The molecule has 1 N–H and O–H groups in total. The van der Waals surface area contributed by atoms with Crippen LogP contribution in [-0.2, 0) is 6.42 Å². The van der Waals surface area contributed by atoms with Crippen LogP contribution in [0.1, 0.15) is 15.9 Å². The summed E-state index contributed by atoms with van der Waals surface area (Å²) in [6.45, 7) is 0.509. The van der Waals surface area contributed by atoms with Crippen LogP contribution in [-0.4, -0.2) is 12.5 Å². The number of benzene rings is 2. The van der Waals surface area contributed by atoms with Crippen LogP contribution in [0.5, 0.6) is 0 Å². The minimum absolute atomic E-state index is 0.223. The van der Waals surface area contributed by atoms with Gasteiger partial charge in [0.05, 0.1) is 4.47 Å². The van der Waals surface area contributed by atoms with E-state index in [2.05, 4.69) is 21.2 Å². The van der Waals surface area contributed by atoms with Crippen LogP contribution in [0.4, 0.5) is 4.39 Å². The first-order valence-corrected chi connectivity index (χ1v) is 7.21. The van der Waals surface area contributed by atoms with Crippen molar-refractivity contribution in [1.29, 1.82) is 0 Å². The second kappa shape index (κ2) is 6.86. The molecule has 0 fully saturated rings. The number of amides is 1. The summed E-state index contributed by atoms with van der Waals surface area (Å²) < 4.78 is 13.4. The van der Waals surface area contributed by atoms with Gasteiger partial charge in [-0.25, -0.2) is 4.39 Å². The topological polar surface area (TPSA) is 29.1 Å². The van der Waals surface area contributed by atoms with Gasteiger partial charge in [-0.1, -0.05) is 23.7 Å². The van der Waals surface area contributed by atoms with Crippen molar-refractivity contribution in [3.63, 3.8) is 0 Å². The van der Waals surface area contributed by atoms with E-state index in [0.29, 0.717) is 23.6 Å². The third-order valence-electron chi connectivity index (χ3n) is 2.79. The zero-order chi connectivity index (χ0) is 14.5. The zero-order valence-corrected chi connectivity index (χ0v) is 12.8. The number of carbonyl (C=O) groups excluding carboxylic acids is 1. The van der Waals surface area contributed by atoms with Gasteiger partial charge in [-0.3, -0.25) is 4.79 Å². The molecule has 0 heterocycles. The molecule has 0 aliphatic rings. The van der Waals surface area contributed by atoms with Gasteiger partial charge in [0.25, 0.3) is 5.91 Å². The molecule has 1 amide bonds. The lowest BCUT2D eigenvalue weighted by molar-refractivity contribution is 0.0954. The first-order valence-electron chi connectivity index (χ1n) is 6.04. The Hall–Kier alpha value is -1.39. The van der Waals surface area contributed by atoms with Crippen LogP contribution in [0.15, 0.2) is 46.9 Å². The van der Waals surface area contributed by atoms with Crippen molar-refractivity contribution < 1.29 is 9.18 Å². The van der Waals surface area contributed by atoms with Gasteiger partial charge in [0.1, 0.15) is 5.82 Å². The van der Waals surface area contributed by atoms with E-state index in [1.54, 1.807) is 0 Å². The highest BCUT2D eigenvalue weighted by molar-refractivity contribution is 9.10. The molecule has 0 spiro atoms. The van der Waals surface area contributed by atoms with Crippen molar-refractivity contribution in [2.45, 2.75) is 6.42 Å². The Morgan fingerprint density at radius 3 is 2.55 bits per heavy atom. The third kappa shape index (κ3) is 4.05. The predicted molar refractivity (Wildman–Crippen MR) is 81.6 cm³/mol. The molecule has 0 atom stereocenters.